The maximum absolute atomic E-state index is 13.0. The summed E-state index contributed by atoms with van der Waals surface area (Å²) in [5.74, 6) is -1.45. The lowest BCUT2D eigenvalue weighted by Crippen LogP contribution is -2.55. The van der Waals surface area contributed by atoms with Gasteiger partial charge in [0.1, 0.15) is 12.6 Å². The molecule has 2 aromatic carbocycles. The second kappa shape index (κ2) is 10.7. The molecule has 0 saturated carbocycles. The molecule has 1 aliphatic heterocycles. The third-order valence-electron chi connectivity index (χ3n) is 6.12. The van der Waals surface area contributed by atoms with Crippen LogP contribution in [-0.4, -0.2) is 80.1 Å². The molecule has 2 N–H and O–H groups in total. The number of nitrogens with one attached hydrogen (secondary N) is 1. The third-order valence-corrected chi connectivity index (χ3v) is 6.12. The molecule has 2 atom stereocenters. The van der Waals surface area contributed by atoms with Crippen LogP contribution >= 0.6 is 0 Å². The summed E-state index contributed by atoms with van der Waals surface area (Å²) in [5.41, 5.74) is 4.45. The number of hydrogen-bond donors (Lipinski definition) is 2. The van der Waals surface area contributed by atoms with Crippen molar-refractivity contribution >= 4 is 18.0 Å². The monoisotopic (exact) mass is 468 g/mol. The number of amides is 2. The van der Waals surface area contributed by atoms with E-state index in [0.29, 0.717) is 6.54 Å². The zero-order valence-electron chi connectivity index (χ0n) is 18.9. The molecule has 180 valence electrons. The minimum atomic E-state index is -0.996. The first kappa shape index (κ1) is 23.7. The van der Waals surface area contributed by atoms with E-state index in [1.54, 1.807) is 0 Å². The number of rotatable bonds is 8. The van der Waals surface area contributed by atoms with Crippen molar-refractivity contribution in [2.45, 2.75) is 24.5 Å². The van der Waals surface area contributed by atoms with E-state index < -0.39 is 24.2 Å². The fraction of sp³-hybridized carbons (Fsp3) is 0.400. The lowest BCUT2D eigenvalue weighted by molar-refractivity contribution is -0.149. The van der Waals surface area contributed by atoms with Crippen LogP contribution in [0.5, 0.6) is 0 Å². The van der Waals surface area contributed by atoms with Gasteiger partial charge in [0.2, 0.25) is 5.91 Å². The summed E-state index contributed by atoms with van der Waals surface area (Å²) in [5, 5.41) is 11.6. The number of alkyl carbamates (subject to hydrolysis) is 1. The average Bonchev–Trinajstić information content (AvgIpc) is 3.15. The molecule has 4 rings (SSSR count). The van der Waals surface area contributed by atoms with Gasteiger partial charge in [0.25, 0.3) is 0 Å². The standard InChI is InChI=1S/C25H28N2O7/c1-32-15-22(24(30)27-10-11-33-16(13-27)12-23(28)29)26-25(31)34-14-21-19-8-4-2-6-17(19)18-7-3-5-9-20(18)21/h2-9,16,21-22H,10-15H2,1H3,(H,26,31)(H,28,29)/t16?,22-/m0/s1. The van der Waals surface area contributed by atoms with Gasteiger partial charge < -0.3 is 29.5 Å². The third kappa shape index (κ3) is 5.21. The molecule has 1 aliphatic carbocycles. The number of hydrogen-bond acceptors (Lipinski definition) is 6. The molecule has 1 fully saturated rings. The van der Waals surface area contributed by atoms with Crippen LogP contribution < -0.4 is 5.32 Å². The SMILES string of the molecule is COC[C@H](NC(=O)OCC1c2ccccc2-c2ccccc21)C(=O)N1CCOC(CC(=O)O)C1. The average molecular weight is 469 g/mol. The van der Waals surface area contributed by atoms with E-state index >= 15 is 0 Å². The van der Waals surface area contributed by atoms with Crippen molar-refractivity contribution in [3.05, 3.63) is 59.7 Å². The Morgan fingerprint density at radius 3 is 2.38 bits per heavy atom. The highest BCUT2D eigenvalue weighted by Gasteiger charge is 2.33. The Bertz CT molecular complexity index is 1010. The van der Waals surface area contributed by atoms with Crippen molar-refractivity contribution in [2.24, 2.45) is 0 Å². The summed E-state index contributed by atoms with van der Waals surface area (Å²) in [4.78, 5) is 38.1. The first-order valence-corrected chi connectivity index (χ1v) is 11.2. The topological polar surface area (TPSA) is 114 Å². The predicted octanol–water partition coefficient (Wildman–Crippen LogP) is 2.24. The molecule has 2 amide bonds. The lowest BCUT2D eigenvalue weighted by atomic mass is 9.98. The Hall–Kier alpha value is -3.43. The summed E-state index contributed by atoms with van der Waals surface area (Å²) in [6, 6.07) is 15.1. The molecule has 2 aromatic rings. The number of carbonyl (C=O) groups excluding carboxylic acids is 2. The number of morpholine rings is 1. The summed E-state index contributed by atoms with van der Waals surface area (Å²) in [6.07, 6.45) is -1.50. The number of ether oxygens (including phenoxy) is 3. The van der Waals surface area contributed by atoms with Crippen molar-refractivity contribution in [2.75, 3.05) is 40.0 Å². The van der Waals surface area contributed by atoms with Crippen LogP contribution in [0.25, 0.3) is 11.1 Å². The molecule has 0 aromatic heterocycles. The maximum atomic E-state index is 13.0. The van der Waals surface area contributed by atoms with Crippen LogP contribution in [0, 0.1) is 0 Å². The molecule has 1 unspecified atom stereocenters. The number of carboxylic acid groups (broad SMARTS) is 1. The van der Waals surface area contributed by atoms with E-state index in [9.17, 15) is 14.4 Å². The van der Waals surface area contributed by atoms with E-state index in [-0.39, 0.29) is 44.6 Å². The van der Waals surface area contributed by atoms with Crippen molar-refractivity contribution in [1.29, 1.82) is 0 Å². The Kier molecular flexibility index (Phi) is 7.44. The molecule has 1 heterocycles. The Balaban J connectivity index is 1.38. The van der Waals surface area contributed by atoms with Crippen LogP contribution in [0.1, 0.15) is 23.5 Å². The van der Waals surface area contributed by atoms with Crippen molar-refractivity contribution in [1.82, 2.24) is 10.2 Å². The van der Waals surface area contributed by atoms with Gasteiger partial charge in [0.15, 0.2) is 0 Å². The quantitative estimate of drug-likeness (QED) is 0.611. The van der Waals surface area contributed by atoms with Crippen LogP contribution in [0.15, 0.2) is 48.5 Å². The van der Waals surface area contributed by atoms with Crippen molar-refractivity contribution < 1.29 is 33.7 Å². The first-order valence-electron chi connectivity index (χ1n) is 11.2. The van der Waals surface area contributed by atoms with E-state index in [1.807, 2.05) is 36.4 Å². The minimum Gasteiger partial charge on any atom is -0.481 e. The van der Waals surface area contributed by atoms with Gasteiger partial charge in [-0.1, -0.05) is 48.5 Å². The number of fused-ring (bicyclic) bond motifs is 3. The molecule has 9 nitrogen and oxygen atoms in total. The fourth-order valence-electron chi connectivity index (χ4n) is 4.58. The highest BCUT2D eigenvalue weighted by atomic mass is 16.5. The van der Waals surface area contributed by atoms with Gasteiger partial charge >= 0.3 is 12.1 Å². The normalized spacial score (nSPS) is 18.0. The largest absolute Gasteiger partial charge is 0.481 e. The summed E-state index contributed by atoms with van der Waals surface area (Å²) >= 11 is 0. The van der Waals surface area contributed by atoms with Gasteiger partial charge in [-0.3, -0.25) is 9.59 Å². The van der Waals surface area contributed by atoms with Gasteiger partial charge in [-0.05, 0) is 22.3 Å². The number of methoxy groups -OCH3 is 1. The second-order valence-corrected chi connectivity index (χ2v) is 8.35. The Morgan fingerprint density at radius 2 is 1.76 bits per heavy atom. The number of benzene rings is 2. The molecular formula is C25H28N2O7. The van der Waals surface area contributed by atoms with Crippen molar-refractivity contribution in [3.8, 4) is 11.1 Å². The molecule has 0 bridgehead atoms. The zero-order valence-corrected chi connectivity index (χ0v) is 18.9. The number of carboxylic acids is 1. The predicted molar refractivity (Wildman–Crippen MR) is 122 cm³/mol. The molecule has 34 heavy (non-hydrogen) atoms. The van der Waals surface area contributed by atoms with Gasteiger partial charge in [-0.15, -0.1) is 0 Å². The highest BCUT2D eigenvalue weighted by molar-refractivity contribution is 5.86. The lowest BCUT2D eigenvalue weighted by Gasteiger charge is -2.34. The summed E-state index contributed by atoms with van der Waals surface area (Å²) < 4.78 is 16.1. The molecular weight excluding hydrogens is 440 g/mol. The van der Waals surface area contributed by atoms with Gasteiger partial charge in [0.05, 0.1) is 25.7 Å². The number of aliphatic carboxylic acids is 1. The molecule has 9 heteroatoms. The van der Waals surface area contributed by atoms with Crippen LogP contribution in [-0.2, 0) is 23.8 Å². The Morgan fingerprint density at radius 1 is 1.12 bits per heavy atom. The summed E-state index contributed by atoms with van der Waals surface area (Å²) in [6.45, 7) is 0.767. The van der Waals surface area contributed by atoms with Gasteiger partial charge in [-0.2, -0.15) is 0 Å². The number of carbonyl (C=O) groups is 3. The highest BCUT2D eigenvalue weighted by Crippen LogP contribution is 2.44. The maximum Gasteiger partial charge on any atom is 0.407 e. The second-order valence-electron chi connectivity index (χ2n) is 8.35. The summed E-state index contributed by atoms with van der Waals surface area (Å²) in [7, 11) is 1.44. The fourth-order valence-corrected chi connectivity index (χ4v) is 4.58. The van der Waals surface area contributed by atoms with Crippen LogP contribution in [0.4, 0.5) is 4.79 Å². The van der Waals surface area contributed by atoms with Gasteiger partial charge in [-0.25, -0.2) is 4.79 Å². The number of nitrogens with zero attached hydrogens (tertiary/aromatic N) is 1. The van der Waals surface area contributed by atoms with Crippen molar-refractivity contribution in [3.63, 3.8) is 0 Å². The first-order chi connectivity index (χ1) is 16.5. The van der Waals surface area contributed by atoms with Crippen LogP contribution in [0.2, 0.25) is 0 Å². The minimum absolute atomic E-state index is 0.0377. The van der Waals surface area contributed by atoms with Gasteiger partial charge in [0, 0.05) is 26.1 Å². The van der Waals surface area contributed by atoms with E-state index in [2.05, 4.69) is 17.4 Å². The molecule has 0 radical (unpaired) electrons. The van der Waals surface area contributed by atoms with Crippen LogP contribution in [0.3, 0.4) is 0 Å². The smallest absolute Gasteiger partial charge is 0.407 e. The molecule has 1 saturated heterocycles. The van der Waals surface area contributed by atoms with E-state index in [4.69, 9.17) is 19.3 Å². The zero-order chi connectivity index (χ0) is 24.1. The van der Waals surface area contributed by atoms with E-state index in [0.717, 1.165) is 22.3 Å². The molecule has 2 aliphatic rings. The van der Waals surface area contributed by atoms with E-state index in [1.165, 1.54) is 12.0 Å². The molecule has 0 spiro atoms. The Labute approximate surface area is 197 Å².